The standard InChI is InChI=1S/C26H30ClN3O3/c1-17(2)28-25(32)20-11-8-10-19(13-20)24-14-22(16-33-26(4,5)18(3)31)29-30(24)15-21-9-6-7-12-23(21)27/h6-14,17H,15-16H2,1-5H3,(H,28,32). The first-order valence-corrected chi connectivity index (χ1v) is 11.3. The lowest BCUT2D eigenvalue weighted by Crippen LogP contribution is -2.32. The van der Waals surface area contributed by atoms with Crippen molar-refractivity contribution in [1.29, 1.82) is 0 Å². The summed E-state index contributed by atoms with van der Waals surface area (Å²) < 4.78 is 7.69. The molecule has 174 valence electrons. The number of ether oxygens (including phenoxy) is 1. The number of nitrogens with zero attached hydrogens (tertiary/aromatic N) is 2. The predicted molar refractivity (Wildman–Crippen MR) is 130 cm³/mol. The lowest BCUT2D eigenvalue weighted by molar-refractivity contribution is -0.139. The summed E-state index contributed by atoms with van der Waals surface area (Å²) in [5, 5.41) is 8.30. The average molecular weight is 468 g/mol. The van der Waals surface area contributed by atoms with Crippen molar-refractivity contribution >= 4 is 23.3 Å². The molecule has 1 heterocycles. The maximum absolute atomic E-state index is 12.5. The largest absolute Gasteiger partial charge is 0.361 e. The quantitative estimate of drug-likeness (QED) is 0.465. The van der Waals surface area contributed by atoms with Crippen molar-refractivity contribution < 1.29 is 14.3 Å². The minimum absolute atomic E-state index is 0.0419. The summed E-state index contributed by atoms with van der Waals surface area (Å²) in [6, 6.07) is 17.0. The van der Waals surface area contributed by atoms with Gasteiger partial charge in [-0.1, -0.05) is 41.9 Å². The van der Waals surface area contributed by atoms with Crippen LogP contribution < -0.4 is 5.32 Å². The van der Waals surface area contributed by atoms with Gasteiger partial charge in [-0.05, 0) is 64.4 Å². The van der Waals surface area contributed by atoms with Gasteiger partial charge >= 0.3 is 0 Å². The molecule has 0 atom stereocenters. The van der Waals surface area contributed by atoms with Gasteiger partial charge in [0.05, 0.1) is 24.5 Å². The van der Waals surface area contributed by atoms with Crippen molar-refractivity contribution in [3.63, 3.8) is 0 Å². The summed E-state index contributed by atoms with van der Waals surface area (Å²) >= 11 is 6.39. The van der Waals surface area contributed by atoms with Crippen LogP contribution >= 0.6 is 11.6 Å². The van der Waals surface area contributed by atoms with Gasteiger partial charge in [0.2, 0.25) is 0 Å². The smallest absolute Gasteiger partial charge is 0.251 e. The Morgan fingerprint density at radius 2 is 1.85 bits per heavy atom. The number of benzene rings is 2. The highest BCUT2D eigenvalue weighted by molar-refractivity contribution is 6.31. The van der Waals surface area contributed by atoms with Gasteiger partial charge in [0.15, 0.2) is 5.78 Å². The molecule has 0 bridgehead atoms. The zero-order valence-corrected chi connectivity index (χ0v) is 20.4. The number of carbonyl (C=O) groups is 2. The van der Waals surface area contributed by atoms with Crippen molar-refractivity contribution in [3.05, 3.63) is 76.4 Å². The van der Waals surface area contributed by atoms with E-state index in [2.05, 4.69) is 5.32 Å². The molecule has 1 amide bonds. The lowest BCUT2D eigenvalue weighted by atomic mass is 10.1. The van der Waals surface area contributed by atoms with Crippen LogP contribution in [0.3, 0.4) is 0 Å². The molecule has 0 unspecified atom stereocenters. The lowest BCUT2D eigenvalue weighted by Gasteiger charge is -2.21. The Kier molecular flexibility index (Phi) is 7.72. The third-order valence-electron chi connectivity index (χ3n) is 5.38. The highest BCUT2D eigenvalue weighted by atomic mass is 35.5. The van der Waals surface area contributed by atoms with Crippen molar-refractivity contribution in [2.75, 3.05) is 0 Å². The molecule has 1 aromatic heterocycles. The Balaban J connectivity index is 1.98. The molecule has 0 fully saturated rings. The van der Waals surface area contributed by atoms with Gasteiger partial charge in [0.1, 0.15) is 5.60 Å². The van der Waals surface area contributed by atoms with E-state index in [1.807, 2.05) is 67.1 Å². The van der Waals surface area contributed by atoms with Gasteiger partial charge < -0.3 is 10.1 Å². The fourth-order valence-corrected chi connectivity index (χ4v) is 3.40. The van der Waals surface area contributed by atoms with Crippen LogP contribution in [0.5, 0.6) is 0 Å². The van der Waals surface area contributed by atoms with Gasteiger partial charge in [-0.25, -0.2) is 0 Å². The first kappa shape index (κ1) is 24.7. The molecule has 0 saturated heterocycles. The van der Waals surface area contributed by atoms with Gasteiger partial charge in [0.25, 0.3) is 5.91 Å². The van der Waals surface area contributed by atoms with E-state index in [1.165, 1.54) is 6.92 Å². The van der Waals surface area contributed by atoms with Crippen LogP contribution in [0, 0.1) is 0 Å². The molecule has 2 aromatic carbocycles. The zero-order valence-electron chi connectivity index (χ0n) is 19.7. The third kappa shape index (κ3) is 6.30. The van der Waals surface area contributed by atoms with E-state index >= 15 is 0 Å². The molecule has 0 aliphatic carbocycles. The SMILES string of the molecule is CC(=O)C(C)(C)OCc1cc(-c2cccc(C(=O)NC(C)C)c2)n(Cc2ccccc2Cl)n1. The Morgan fingerprint density at radius 3 is 2.52 bits per heavy atom. The van der Waals surface area contributed by atoms with Crippen molar-refractivity contribution in [1.82, 2.24) is 15.1 Å². The topological polar surface area (TPSA) is 73.2 Å². The molecule has 7 heteroatoms. The van der Waals surface area contributed by atoms with Crippen LogP contribution in [-0.2, 0) is 22.7 Å². The number of halogens is 1. The van der Waals surface area contributed by atoms with Gasteiger partial charge in [-0.2, -0.15) is 5.10 Å². The summed E-state index contributed by atoms with van der Waals surface area (Å²) in [7, 11) is 0. The average Bonchev–Trinajstić information content (AvgIpc) is 3.16. The van der Waals surface area contributed by atoms with E-state index in [0.717, 1.165) is 16.8 Å². The van der Waals surface area contributed by atoms with E-state index in [-0.39, 0.29) is 24.3 Å². The van der Waals surface area contributed by atoms with Crippen LogP contribution in [-0.4, -0.2) is 33.1 Å². The minimum atomic E-state index is -0.901. The summed E-state index contributed by atoms with van der Waals surface area (Å²) in [5.74, 6) is -0.183. The second-order valence-electron chi connectivity index (χ2n) is 8.83. The first-order chi connectivity index (χ1) is 15.6. The highest BCUT2D eigenvalue weighted by Crippen LogP contribution is 2.26. The molecule has 1 N–H and O–H groups in total. The van der Waals surface area contributed by atoms with Crippen LogP contribution in [0.15, 0.2) is 54.6 Å². The predicted octanol–water partition coefficient (Wildman–Crippen LogP) is 5.27. The third-order valence-corrected chi connectivity index (χ3v) is 5.75. The monoisotopic (exact) mass is 467 g/mol. The molecule has 0 spiro atoms. The number of Topliss-reactive ketones (excluding diaryl/α,β-unsaturated/α-hetero) is 1. The number of hydrogen-bond acceptors (Lipinski definition) is 4. The number of nitrogens with one attached hydrogen (secondary N) is 1. The summed E-state index contributed by atoms with van der Waals surface area (Å²) in [4.78, 5) is 24.4. The zero-order chi connectivity index (χ0) is 24.2. The molecule has 0 radical (unpaired) electrons. The Hall–Kier alpha value is -2.96. The first-order valence-electron chi connectivity index (χ1n) is 10.9. The van der Waals surface area contributed by atoms with Gasteiger partial charge in [-0.3, -0.25) is 14.3 Å². The Labute approximate surface area is 199 Å². The van der Waals surface area contributed by atoms with E-state index < -0.39 is 5.60 Å². The number of aromatic nitrogens is 2. The number of rotatable bonds is 9. The Bertz CT molecular complexity index is 1150. The number of hydrogen-bond donors (Lipinski definition) is 1. The molecule has 3 aromatic rings. The Morgan fingerprint density at radius 1 is 1.12 bits per heavy atom. The van der Waals surface area contributed by atoms with Crippen molar-refractivity contribution in [2.45, 2.75) is 59.4 Å². The van der Waals surface area contributed by atoms with Gasteiger partial charge in [-0.15, -0.1) is 0 Å². The second kappa shape index (κ2) is 10.3. The normalized spacial score (nSPS) is 11.6. The van der Waals surface area contributed by atoms with E-state index in [9.17, 15) is 9.59 Å². The van der Waals surface area contributed by atoms with Crippen LogP contribution in [0.2, 0.25) is 5.02 Å². The summed E-state index contributed by atoms with van der Waals surface area (Å²) in [6.07, 6.45) is 0. The fourth-order valence-electron chi connectivity index (χ4n) is 3.20. The maximum Gasteiger partial charge on any atom is 0.251 e. The highest BCUT2D eigenvalue weighted by Gasteiger charge is 2.25. The molecule has 33 heavy (non-hydrogen) atoms. The molecular formula is C26H30ClN3O3. The van der Waals surface area contributed by atoms with E-state index in [4.69, 9.17) is 21.4 Å². The maximum atomic E-state index is 12.5. The molecule has 3 rings (SSSR count). The molecule has 6 nitrogen and oxygen atoms in total. The van der Waals surface area contributed by atoms with Crippen LogP contribution in [0.1, 0.15) is 56.2 Å². The van der Waals surface area contributed by atoms with Crippen LogP contribution in [0.25, 0.3) is 11.3 Å². The molecule has 0 aliphatic heterocycles. The fraction of sp³-hybridized carbons (Fsp3) is 0.346. The number of carbonyl (C=O) groups excluding carboxylic acids is 2. The van der Waals surface area contributed by atoms with E-state index in [1.54, 1.807) is 19.9 Å². The minimum Gasteiger partial charge on any atom is -0.361 e. The van der Waals surface area contributed by atoms with Crippen molar-refractivity contribution in [2.24, 2.45) is 0 Å². The van der Waals surface area contributed by atoms with Crippen molar-refractivity contribution in [3.8, 4) is 11.3 Å². The molecular weight excluding hydrogens is 438 g/mol. The van der Waals surface area contributed by atoms with Gasteiger partial charge in [0, 0.05) is 22.2 Å². The number of ketones is 1. The van der Waals surface area contributed by atoms with Crippen LogP contribution in [0.4, 0.5) is 0 Å². The summed E-state index contributed by atoms with van der Waals surface area (Å²) in [6.45, 7) is 9.48. The summed E-state index contributed by atoms with van der Waals surface area (Å²) in [5.41, 5.74) is 2.96. The second-order valence-corrected chi connectivity index (χ2v) is 9.24. The molecule has 0 aliphatic rings. The van der Waals surface area contributed by atoms with E-state index in [0.29, 0.717) is 22.8 Å². The molecule has 0 saturated carbocycles. The number of amides is 1.